The molecule has 0 fully saturated rings. The quantitative estimate of drug-likeness (QED) is 0.818. The molecular weight excluding hydrogens is 356 g/mol. The van der Waals surface area contributed by atoms with Crippen LogP contribution in [0, 0.1) is 0 Å². The fourth-order valence-corrected chi connectivity index (χ4v) is 2.77. The van der Waals surface area contributed by atoms with Crippen molar-refractivity contribution >= 4 is 23.2 Å². The number of benzene rings is 2. The number of rotatable bonds is 6. The highest BCUT2D eigenvalue weighted by Crippen LogP contribution is 2.29. The highest BCUT2D eigenvalue weighted by molar-refractivity contribution is 6.02. The molecule has 2 aromatic rings. The zero-order valence-corrected chi connectivity index (χ0v) is 17.3. The van der Waals surface area contributed by atoms with Gasteiger partial charge in [0.1, 0.15) is 18.0 Å². The molecule has 2 amide bonds. The molecule has 0 atom stereocenters. The highest BCUT2D eigenvalue weighted by Gasteiger charge is 2.19. The van der Waals surface area contributed by atoms with Crippen molar-refractivity contribution in [2.75, 3.05) is 31.0 Å². The molecule has 6 nitrogen and oxygen atoms in total. The van der Waals surface area contributed by atoms with Crippen LogP contribution >= 0.6 is 0 Å². The van der Waals surface area contributed by atoms with E-state index in [1.807, 2.05) is 24.3 Å². The van der Waals surface area contributed by atoms with Gasteiger partial charge in [-0.1, -0.05) is 32.9 Å². The summed E-state index contributed by atoms with van der Waals surface area (Å²) in [5.74, 6) is 0.563. The Morgan fingerprint density at radius 2 is 1.64 bits per heavy atom. The topological polar surface area (TPSA) is 67.9 Å². The first kappa shape index (κ1) is 21.3. The summed E-state index contributed by atoms with van der Waals surface area (Å²) < 4.78 is 10.5. The molecule has 0 aliphatic heterocycles. The number of methoxy groups -OCH3 is 2. The van der Waals surface area contributed by atoms with E-state index in [1.54, 1.807) is 25.3 Å². The summed E-state index contributed by atoms with van der Waals surface area (Å²) in [6.45, 7) is 7.71. The molecule has 6 heteroatoms. The van der Waals surface area contributed by atoms with Gasteiger partial charge >= 0.3 is 0 Å². The van der Waals surface area contributed by atoms with E-state index in [1.165, 1.54) is 18.9 Å². The molecule has 0 radical (unpaired) electrons. The summed E-state index contributed by atoms with van der Waals surface area (Å²) in [5.41, 5.74) is 2.33. The van der Waals surface area contributed by atoms with Crippen molar-refractivity contribution in [1.29, 1.82) is 0 Å². The number of anilines is 2. The van der Waals surface area contributed by atoms with Crippen molar-refractivity contribution in [3.05, 3.63) is 48.0 Å². The normalized spacial score (nSPS) is 10.9. The fourth-order valence-electron chi connectivity index (χ4n) is 2.77. The van der Waals surface area contributed by atoms with Gasteiger partial charge in [0.2, 0.25) is 11.8 Å². The summed E-state index contributed by atoms with van der Waals surface area (Å²) in [7, 11) is 3.07. The Kier molecular flexibility index (Phi) is 6.67. The van der Waals surface area contributed by atoms with Gasteiger partial charge in [-0.2, -0.15) is 0 Å². The number of carbonyl (C=O) groups excluding carboxylic acids is 2. The van der Waals surface area contributed by atoms with Crippen LogP contribution in [-0.2, 0) is 15.0 Å². The van der Waals surface area contributed by atoms with E-state index in [2.05, 4.69) is 26.1 Å². The first-order chi connectivity index (χ1) is 13.2. The minimum Gasteiger partial charge on any atom is -0.497 e. The minimum absolute atomic E-state index is 0.0138. The molecule has 0 spiro atoms. The molecule has 0 saturated carbocycles. The van der Waals surface area contributed by atoms with Gasteiger partial charge in [0, 0.05) is 18.7 Å². The van der Waals surface area contributed by atoms with Crippen LogP contribution in [0.5, 0.6) is 11.5 Å². The van der Waals surface area contributed by atoms with Gasteiger partial charge in [-0.3, -0.25) is 9.59 Å². The van der Waals surface area contributed by atoms with E-state index in [0.717, 1.165) is 5.56 Å². The van der Waals surface area contributed by atoms with Crippen LogP contribution in [0.1, 0.15) is 33.3 Å². The van der Waals surface area contributed by atoms with Crippen LogP contribution < -0.4 is 19.7 Å². The van der Waals surface area contributed by atoms with Crippen molar-refractivity contribution in [2.24, 2.45) is 0 Å². The molecule has 0 aromatic heterocycles. The lowest BCUT2D eigenvalue weighted by atomic mass is 9.87. The van der Waals surface area contributed by atoms with Crippen LogP contribution in [0.4, 0.5) is 11.4 Å². The molecule has 1 N–H and O–H groups in total. The Hall–Kier alpha value is -3.02. The number of nitrogens with zero attached hydrogens (tertiary/aromatic N) is 1. The maximum Gasteiger partial charge on any atom is 0.244 e. The zero-order chi connectivity index (χ0) is 20.9. The Bertz CT molecular complexity index is 839. The van der Waals surface area contributed by atoms with E-state index in [9.17, 15) is 9.59 Å². The van der Waals surface area contributed by atoms with Crippen molar-refractivity contribution in [3.8, 4) is 11.5 Å². The number of hydrogen-bond acceptors (Lipinski definition) is 4. The summed E-state index contributed by atoms with van der Waals surface area (Å²) in [5, 5.41) is 2.79. The molecule has 0 aliphatic carbocycles. The monoisotopic (exact) mass is 384 g/mol. The van der Waals surface area contributed by atoms with Gasteiger partial charge in [0.25, 0.3) is 0 Å². The third-order valence-corrected chi connectivity index (χ3v) is 4.41. The van der Waals surface area contributed by atoms with Crippen molar-refractivity contribution in [2.45, 2.75) is 33.1 Å². The summed E-state index contributed by atoms with van der Waals surface area (Å²) >= 11 is 0. The van der Waals surface area contributed by atoms with Crippen molar-refractivity contribution in [3.63, 3.8) is 0 Å². The molecule has 150 valence electrons. The van der Waals surface area contributed by atoms with Crippen LogP contribution in [0.15, 0.2) is 42.5 Å². The van der Waals surface area contributed by atoms with Gasteiger partial charge in [0.15, 0.2) is 0 Å². The van der Waals surface area contributed by atoms with E-state index >= 15 is 0 Å². The maximum atomic E-state index is 12.6. The lowest BCUT2D eigenvalue weighted by Gasteiger charge is -2.23. The van der Waals surface area contributed by atoms with Crippen molar-refractivity contribution < 1.29 is 19.1 Å². The molecule has 2 rings (SSSR count). The Morgan fingerprint density at radius 3 is 2.14 bits per heavy atom. The number of hydrogen-bond donors (Lipinski definition) is 1. The summed E-state index contributed by atoms with van der Waals surface area (Å²) in [6, 6.07) is 12.8. The lowest BCUT2D eigenvalue weighted by molar-refractivity contribution is -0.120. The molecule has 0 saturated heterocycles. The van der Waals surface area contributed by atoms with Gasteiger partial charge in [-0.05, 0) is 35.2 Å². The van der Waals surface area contributed by atoms with Crippen LogP contribution in [0.3, 0.4) is 0 Å². The van der Waals surface area contributed by atoms with E-state index in [4.69, 9.17) is 9.47 Å². The fraction of sp³-hybridized carbons (Fsp3) is 0.364. The third-order valence-electron chi connectivity index (χ3n) is 4.41. The molecular formula is C22H28N2O4. The van der Waals surface area contributed by atoms with Gasteiger partial charge in [-0.25, -0.2) is 0 Å². The predicted molar refractivity (Wildman–Crippen MR) is 111 cm³/mol. The Labute approximate surface area is 166 Å². The zero-order valence-electron chi connectivity index (χ0n) is 17.3. The standard InChI is InChI=1S/C22H28N2O4/c1-15(25)24(17-9-7-16(8-10-17)22(2,3)4)14-21(26)23-19-13-18(27-5)11-12-20(19)28-6/h7-13H,14H2,1-6H3,(H,23,26). The largest absolute Gasteiger partial charge is 0.497 e. The van der Waals surface area contributed by atoms with Gasteiger partial charge in [0.05, 0.1) is 19.9 Å². The molecule has 0 heterocycles. The molecule has 0 bridgehead atoms. The Morgan fingerprint density at radius 1 is 1.00 bits per heavy atom. The van der Waals surface area contributed by atoms with E-state index in [0.29, 0.717) is 22.9 Å². The predicted octanol–water partition coefficient (Wildman–Crippen LogP) is 3.99. The molecule has 0 aliphatic rings. The molecule has 2 aromatic carbocycles. The first-order valence-electron chi connectivity index (χ1n) is 9.06. The average molecular weight is 384 g/mol. The first-order valence-corrected chi connectivity index (χ1v) is 9.06. The van der Waals surface area contributed by atoms with Crippen LogP contribution in [-0.4, -0.2) is 32.6 Å². The summed E-state index contributed by atoms with van der Waals surface area (Å²) in [6.07, 6.45) is 0. The highest BCUT2D eigenvalue weighted by atomic mass is 16.5. The van der Waals surface area contributed by atoms with Gasteiger partial charge in [-0.15, -0.1) is 0 Å². The molecule has 0 unspecified atom stereocenters. The SMILES string of the molecule is COc1ccc(OC)c(NC(=O)CN(C(C)=O)c2ccc(C(C)(C)C)cc2)c1. The maximum absolute atomic E-state index is 12.6. The number of amides is 2. The number of carbonyl (C=O) groups is 2. The smallest absolute Gasteiger partial charge is 0.244 e. The second-order valence-electron chi connectivity index (χ2n) is 7.52. The summed E-state index contributed by atoms with van der Waals surface area (Å²) in [4.78, 5) is 26.2. The van der Waals surface area contributed by atoms with Crippen molar-refractivity contribution in [1.82, 2.24) is 0 Å². The van der Waals surface area contributed by atoms with Crippen LogP contribution in [0.25, 0.3) is 0 Å². The third kappa shape index (κ3) is 5.25. The second kappa shape index (κ2) is 8.78. The van der Waals surface area contributed by atoms with Crippen LogP contribution in [0.2, 0.25) is 0 Å². The van der Waals surface area contributed by atoms with Gasteiger partial charge < -0.3 is 19.7 Å². The molecule has 28 heavy (non-hydrogen) atoms. The number of nitrogens with one attached hydrogen (secondary N) is 1. The minimum atomic E-state index is -0.332. The van der Waals surface area contributed by atoms with E-state index < -0.39 is 0 Å². The average Bonchev–Trinajstić information content (AvgIpc) is 2.65. The number of ether oxygens (including phenoxy) is 2. The lowest BCUT2D eigenvalue weighted by Crippen LogP contribution is -2.36. The second-order valence-corrected chi connectivity index (χ2v) is 7.52. The van der Waals surface area contributed by atoms with E-state index in [-0.39, 0.29) is 23.8 Å². The Balaban J connectivity index is 2.19.